The van der Waals surface area contributed by atoms with Gasteiger partial charge in [-0.15, -0.1) is 0 Å². The highest BCUT2D eigenvalue weighted by Gasteiger charge is 2.19. The molecule has 1 aliphatic rings. The Kier molecular flexibility index (Phi) is 7.41. The predicted octanol–water partition coefficient (Wildman–Crippen LogP) is 5.30. The van der Waals surface area contributed by atoms with Crippen LogP contribution in [0, 0.1) is 13.8 Å². The fourth-order valence-electron chi connectivity index (χ4n) is 4.62. The van der Waals surface area contributed by atoms with Crippen molar-refractivity contribution in [3.05, 3.63) is 51.7 Å². The first kappa shape index (κ1) is 24.1. The molecular formula is C27H32FNO5. The number of fused-ring (bicyclic) bond motifs is 1. The van der Waals surface area contributed by atoms with Crippen molar-refractivity contribution < 1.29 is 23.0 Å². The molecule has 4 rings (SSSR count). The van der Waals surface area contributed by atoms with Crippen LogP contribution in [0.5, 0.6) is 17.2 Å². The highest BCUT2D eigenvalue weighted by Crippen LogP contribution is 2.34. The van der Waals surface area contributed by atoms with Crippen molar-refractivity contribution in [2.75, 3.05) is 40.5 Å². The van der Waals surface area contributed by atoms with Crippen LogP contribution in [-0.2, 0) is 0 Å². The van der Waals surface area contributed by atoms with E-state index in [9.17, 15) is 9.18 Å². The number of halogens is 1. The van der Waals surface area contributed by atoms with Gasteiger partial charge in [0.2, 0.25) is 0 Å². The van der Waals surface area contributed by atoms with Crippen molar-refractivity contribution in [1.29, 1.82) is 0 Å². The van der Waals surface area contributed by atoms with Gasteiger partial charge in [-0.25, -0.2) is 4.39 Å². The van der Waals surface area contributed by atoms with Crippen LogP contribution in [0.4, 0.5) is 4.39 Å². The van der Waals surface area contributed by atoms with Crippen LogP contribution in [0.25, 0.3) is 22.3 Å². The van der Waals surface area contributed by atoms with Crippen LogP contribution in [-0.4, -0.2) is 51.5 Å². The van der Waals surface area contributed by atoms with Gasteiger partial charge in [-0.05, 0) is 63.0 Å². The number of aryl methyl sites for hydroxylation is 2. The lowest BCUT2D eigenvalue weighted by Crippen LogP contribution is -2.37. The number of ether oxygens (including phenoxy) is 3. The molecule has 0 amide bonds. The molecule has 0 saturated carbocycles. The first-order valence-electron chi connectivity index (χ1n) is 11.7. The van der Waals surface area contributed by atoms with E-state index in [1.807, 2.05) is 26.0 Å². The summed E-state index contributed by atoms with van der Waals surface area (Å²) in [4.78, 5) is 15.1. The number of rotatable bonds is 8. The van der Waals surface area contributed by atoms with Gasteiger partial charge >= 0.3 is 0 Å². The molecule has 1 aliphatic heterocycles. The summed E-state index contributed by atoms with van der Waals surface area (Å²) in [6, 6.07) is 8.57. The third-order valence-corrected chi connectivity index (χ3v) is 6.28. The second-order valence-corrected chi connectivity index (χ2v) is 8.89. The zero-order chi connectivity index (χ0) is 24.2. The zero-order valence-electron chi connectivity index (χ0n) is 20.3. The molecular weight excluding hydrogens is 437 g/mol. The third kappa shape index (κ3) is 5.20. The summed E-state index contributed by atoms with van der Waals surface area (Å²) in [5.74, 6) is 2.03. The Hall–Kier alpha value is -3.06. The lowest BCUT2D eigenvalue weighted by atomic mass is 10.0. The number of benzene rings is 2. The van der Waals surface area contributed by atoms with Gasteiger partial charge in [0.15, 0.2) is 5.43 Å². The number of methoxy groups -OCH3 is 2. The van der Waals surface area contributed by atoms with Gasteiger partial charge in [0.1, 0.15) is 46.8 Å². The van der Waals surface area contributed by atoms with Crippen molar-refractivity contribution in [3.63, 3.8) is 0 Å². The maximum absolute atomic E-state index is 14.6. The van der Waals surface area contributed by atoms with E-state index in [0.717, 1.165) is 42.6 Å². The van der Waals surface area contributed by atoms with E-state index >= 15 is 0 Å². The van der Waals surface area contributed by atoms with Crippen LogP contribution >= 0.6 is 0 Å². The maximum Gasteiger partial charge on any atom is 0.197 e. The van der Waals surface area contributed by atoms with Gasteiger partial charge in [0, 0.05) is 30.3 Å². The molecule has 6 nitrogen and oxygen atoms in total. The summed E-state index contributed by atoms with van der Waals surface area (Å²) in [6.45, 7) is 6.17. The van der Waals surface area contributed by atoms with Crippen LogP contribution in [0.15, 0.2) is 39.5 Å². The predicted molar refractivity (Wildman–Crippen MR) is 131 cm³/mol. The summed E-state index contributed by atoms with van der Waals surface area (Å²) >= 11 is 0. The molecule has 0 N–H and O–H groups in total. The quantitative estimate of drug-likeness (QED) is 0.446. The Labute approximate surface area is 199 Å². The minimum Gasteiger partial charge on any atom is -0.496 e. The van der Waals surface area contributed by atoms with Crippen LogP contribution < -0.4 is 19.6 Å². The molecule has 34 heavy (non-hydrogen) atoms. The van der Waals surface area contributed by atoms with Gasteiger partial charge in [-0.1, -0.05) is 6.42 Å². The van der Waals surface area contributed by atoms with Crippen molar-refractivity contribution in [1.82, 2.24) is 4.90 Å². The van der Waals surface area contributed by atoms with Crippen LogP contribution in [0.1, 0.15) is 30.4 Å². The lowest BCUT2D eigenvalue weighted by Gasteiger charge is -2.27. The Morgan fingerprint density at radius 3 is 2.35 bits per heavy atom. The molecule has 0 radical (unpaired) electrons. The van der Waals surface area contributed by atoms with Gasteiger partial charge < -0.3 is 23.5 Å². The normalized spacial score (nSPS) is 15.3. The van der Waals surface area contributed by atoms with E-state index in [0.29, 0.717) is 40.5 Å². The lowest BCUT2D eigenvalue weighted by molar-refractivity contribution is 0.124. The first-order valence-corrected chi connectivity index (χ1v) is 11.7. The molecule has 1 aromatic heterocycles. The summed E-state index contributed by atoms with van der Waals surface area (Å²) in [7, 11) is 3.05. The largest absolute Gasteiger partial charge is 0.496 e. The van der Waals surface area contributed by atoms with Gasteiger partial charge in [-0.2, -0.15) is 0 Å². The zero-order valence-corrected chi connectivity index (χ0v) is 20.3. The molecule has 1 atom stereocenters. The molecule has 2 aromatic carbocycles. The maximum atomic E-state index is 14.6. The van der Waals surface area contributed by atoms with Crippen molar-refractivity contribution in [2.45, 2.75) is 39.3 Å². The molecule has 3 aromatic rings. The molecule has 7 heteroatoms. The number of hydrogen-bond acceptors (Lipinski definition) is 6. The first-order chi connectivity index (χ1) is 16.4. The Balaban J connectivity index is 1.57. The van der Waals surface area contributed by atoms with Crippen molar-refractivity contribution in [3.8, 4) is 28.6 Å². The second-order valence-electron chi connectivity index (χ2n) is 8.89. The van der Waals surface area contributed by atoms with Crippen molar-refractivity contribution >= 4 is 11.0 Å². The number of piperidine rings is 1. The average molecular weight is 470 g/mol. The van der Waals surface area contributed by atoms with Gasteiger partial charge in [0.25, 0.3) is 0 Å². The molecule has 182 valence electrons. The molecule has 1 fully saturated rings. The van der Waals surface area contributed by atoms with E-state index in [1.165, 1.54) is 19.6 Å². The van der Waals surface area contributed by atoms with E-state index < -0.39 is 6.17 Å². The van der Waals surface area contributed by atoms with Crippen molar-refractivity contribution in [2.24, 2.45) is 0 Å². The molecule has 0 bridgehead atoms. The summed E-state index contributed by atoms with van der Waals surface area (Å²) in [5.41, 5.74) is 2.63. The Morgan fingerprint density at radius 2 is 1.71 bits per heavy atom. The Bertz CT molecular complexity index is 1190. The van der Waals surface area contributed by atoms with Gasteiger partial charge in [-0.3, -0.25) is 4.79 Å². The molecule has 0 unspecified atom stereocenters. The molecule has 1 saturated heterocycles. The van der Waals surface area contributed by atoms with E-state index in [1.54, 1.807) is 19.2 Å². The van der Waals surface area contributed by atoms with Gasteiger partial charge in [0.05, 0.1) is 14.2 Å². The minimum atomic E-state index is -1.04. The topological polar surface area (TPSA) is 61.1 Å². The SMILES string of the molecule is COc1cc(OC)c2c(=O)cc(-c3cc(C)c(OC[C@@H](F)CN4CCCCC4)c(C)c3)oc2c1. The average Bonchev–Trinajstić information content (AvgIpc) is 2.83. The number of nitrogens with zero attached hydrogens (tertiary/aromatic N) is 1. The Morgan fingerprint density at radius 1 is 1.00 bits per heavy atom. The third-order valence-electron chi connectivity index (χ3n) is 6.28. The monoisotopic (exact) mass is 469 g/mol. The van der Waals surface area contributed by atoms with E-state index in [2.05, 4.69) is 4.90 Å². The fraction of sp³-hybridized carbons (Fsp3) is 0.444. The molecule has 2 heterocycles. The summed E-state index contributed by atoms with van der Waals surface area (Å²) < 4.78 is 37.2. The number of hydrogen-bond donors (Lipinski definition) is 0. The highest BCUT2D eigenvalue weighted by atomic mass is 19.1. The van der Waals surface area contributed by atoms with Crippen LogP contribution in [0.2, 0.25) is 0 Å². The minimum absolute atomic E-state index is 0.0160. The number of likely N-dealkylation sites (tertiary alicyclic amines) is 1. The second kappa shape index (κ2) is 10.5. The standard InChI is InChI=1S/C27H32FNO5/c1-17-10-19(11-18(2)27(17)33-16-20(28)15-29-8-6-5-7-9-29)23-14-22(30)26-24(32-4)12-21(31-3)13-25(26)34-23/h10-14,20H,5-9,15-16H2,1-4H3/t20-/m0/s1. The van der Waals surface area contributed by atoms with E-state index in [4.69, 9.17) is 18.6 Å². The number of alkyl halides is 1. The fourth-order valence-corrected chi connectivity index (χ4v) is 4.62. The highest BCUT2D eigenvalue weighted by molar-refractivity contribution is 5.86. The summed E-state index contributed by atoms with van der Waals surface area (Å²) in [5, 5.41) is 0.364. The molecule has 0 aliphatic carbocycles. The van der Waals surface area contributed by atoms with E-state index in [-0.39, 0.29) is 12.0 Å². The van der Waals surface area contributed by atoms with Crippen LogP contribution in [0.3, 0.4) is 0 Å². The summed E-state index contributed by atoms with van der Waals surface area (Å²) in [6.07, 6.45) is 2.46. The smallest absolute Gasteiger partial charge is 0.197 e. The molecule has 0 spiro atoms.